The van der Waals surface area contributed by atoms with Crippen LogP contribution < -0.4 is 43.0 Å². The predicted octanol–water partition coefficient (Wildman–Crippen LogP) is 30.4. The van der Waals surface area contributed by atoms with Gasteiger partial charge in [-0.2, -0.15) is 0 Å². The summed E-state index contributed by atoms with van der Waals surface area (Å²) in [6, 6.07) is 112. The van der Waals surface area contributed by atoms with Crippen LogP contribution in [0.3, 0.4) is 0 Å². The van der Waals surface area contributed by atoms with Crippen LogP contribution in [0.25, 0.3) is 150 Å². The number of rotatable bonds is 10. The second-order valence-electron chi connectivity index (χ2n) is 42.1. The van der Waals surface area contributed by atoms with Crippen molar-refractivity contribution in [3.63, 3.8) is 0 Å². The standard InChI is InChI=1S/C120H96B2N2O3S3/c1-115(2)49-51-118(7,8)110-100(115)94(67-125-110)124-93-65-80(77-58-73(69-30-15-12-16-31-69)56-74(59-77)70-32-17-13-18-33-70)63-88-99-101-111(119(9,10)52-50-116(101,3)4)126-113(99)122(104(88)93)114-106(124)102-112(127-114)120(11,54-53-117(102,5)6)66-68-29-27-36-72(55-68)76-57-75(71-34-19-14-20-35-71)60-78(61-76)79-62-87-98-89(47-45-85-82-38-22-25-43-96(82)129-108(85)98)121-90-48-46-86-83-39-23-26-44-97(83)130-109(86)105(90)123(92(64-79)103(87)121)91-41-28-40-84-81-37-21-24-42-95(81)128-107(84)91/h12-48,55-65,67H,49-54,66H2,1-11H3. The highest BCUT2D eigenvalue weighted by Gasteiger charge is 2.59. The third-order valence-corrected chi connectivity index (χ3v) is 35.3. The summed E-state index contributed by atoms with van der Waals surface area (Å²) in [7, 11) is 0. The summed E-state index contributed by atoms with van der Waals surface area (Å²) in [5.41, 5.74) is 37.6. The van der Waals surface area contributed by atoms with Crippen LogP contribution in [0.5, 0.6) is 0 Å². The first kappa shape index (κ1) is 77.3. The van der Waals surface area contributed by atoms with Gasteiger partial charge in [0.15, 0.2) is 0 Å². The van der Waals surface area contributed by atoms with Gasteiger partial charge >= 0.3 is 6.71 Å². The first-order valence-electron chi connectivity index (χ1n) is 46.8. The van der Waals surface area contributed by atoms with E-state index >= 15 is 0 Å². The number of benzene rings is 14. The van der Waals surface area contributed by atoms with Crippen molar-refractivity contribution in [2.45, 2.75) is 154 Å². The summed E-state index contributed by atoms with van der Waals surface area (Å²) >= 11 is 5.82. The maximum atomic E-state index is 8.41. The summed E-state index contributed by atoms with van der Waals surface area (Å²) in [5, 5.41) is 7.82. The predicted molar refractivity (Wildman–Crippen MR) is 554 cm³/mol. The van der Waals surface area contributed by atoms with Crippen LogP contribution >= 0.6 is 34.0 Å². The molecule has 0 radical (unpaired) electrons. The fourth-order valence-corrected chi connectivity index (χ4v) is 28.6. The lowest BCUT2D eigenvalue weighted by atomic mass is 9.37. The van der Waals surface area contributed by atoms with Crippen LogP contribution in [-0.4, -0.2) is 13.4 Å². The molecule has 0 amide bonds. The molecule has 10 heteroatoms. The van der Waals surface area contributed by atoms with Crippen molar-refractivity contribution < 1.29 is 13.3 Å². The molecule has 10 heterocycles. The highest BCUT2D eigenvalue weighted by Crippen LogP contribution is 2.62. The Morgan fingerprint density at radius 2 is 0.723 bits per heavy atom. The highest BCUT2D eigenvalue weighted by atomic mass is 32.1. The molecule has 27 rings (SSSR count). The molecular weight excluding hydrogens is 1640 g/mol. The molecule has 3 aliphatic carbocycles. The topological polar surface area (TPSA) is 45.9 Å². The Labute approximate surface area is 771 Å². The van der Waals surface area contributed by atoms with E-state index in [1.54, 1.807) is 0 Å². The molecule has 14 aromatic carbocycles. The van der Waals surface area contributed by atoms with Crippen molar-refractivity contribution in [1.29, 1.82) is 0 Å². The Hall–Kier alpha value is -12.7. The molecular formula is C120H96B2N2O3S3. The van der Waals surface area contributed by atoms with Gasteiger partial charge in [0.05, 0.1) is 37.8 Å². The van der Waals surface area contributed by atoms with Crippen LogP contribution in [0.15, 0.2) is 311 Å². The van der Waals surface area contributed by atoms with Crippen molar-refractivity contribution in [2.24, 2.45) is 0 Å². The van der Waals surface area contributed by atoms with E-state index in [-0.39, 0.29) is 40.5 Å². The van der Waals surface area contributed by atoms with E-state index in [1.807, 2.05) is 34.0 Å². The zero-order valence-electron chi connectivity index (χ0n) is 75.2. The first-order chi connectivity index (χ1) is 63.0. The molecule has 6 aromatic heterocycles. The van der Waals surface area contributed by atoms with Crippen LogP contribution in [0.1, 0.15) is 154 Å². The lowest BCUT2D eigenvalue weighted by molar-refractivity contribution is 0.262. The second-order valence-corrected chi connectivity index (χ2v) is 45.3. The zero-order chi connectivity index (χ0) is 87.3. The normalized spacial score (nSPS) is 17.6. The molecule has 0 bridgehead atoms. The molecule has 20 aromatic rings. The van der Waals surface area contributed by atoms with Gasteiger partial charge in [-0.1, -0.05) is 288 Å². The summed E-state index contributed by atoms with van der Waals surface area (Å²) in [6.07, 6.45) is 8.96. The van der Waals surface area contributed by atoms with Crippen molar-refractivity contribution in [3.8, 4) is 89.0 Å². The lowest BCUT2D eigenvalue weighted by Gasteiger charge is -2.43. The van der Waals surface area contributed by atoms with Gasteiger partial charge in [-0.15, -0.1) is 34.0 Å². The van der Waals surface area contributed by atoms with Gasteiger partial charge in [0.25, 0.3) is 0 Å². The Balaban J connectivity index is 0.656. The van der Waals surface area contributed by atoms with E-state index in [0.717, 1.165) is 84.9 Å². The fraction of sp³-hybridized carbons (Fsp3) is 0.200. The van der Waals surface area contributed by atoms with E-state index in [1.165, 1.54) is 216 Å². The molecule has 0 N–H and O–H groups in total. The van der Waals surface area contributed by atoms with Crippen LogP contribution in [-0.2, 0) is 38.9 Å². The smallest absolute Gasteiger partial charge is 0.338 e. The largest absolute Gasteiger partial charge is 0.474 e. The molecule has 5 nitrogen and oxygen atoms in total. The Kier molecular flexibility index (Phi) is 16.2. The molecule has 1 unspecified atom stereocenters. The van der Waals surface area contributed by atoms with Gasteiger partial charge in [0.2, 0.25) is 6.71 Å². The van der Waals surface area contributed by atoms with Crippen molar-refractivity contribution in [2.75, 3.05) is 9.80 Å². The van der Waals surface area contributed by atoms with E-state index in [2.05, 4.69) is 383 Å². The third kappa shape index (κ3) is 11.0. The van der Waals surface area contributed by atoms with Crippen molar-refractivity contribution in [3.05, 3.63) is 337 Å². The molecule has 0 saturated carbocycles. The molecule has 7 aliphatic rings. The third-order valence-electron chi connectivity index (χ3n) is 31.7. The summed E-state index contributed by atoms with van der Waals surface area (Å²) < 4.78 is 31.5. The maximum absolute atomic E-state index is 8.41. The Morgan fingerprint density at radius 1 is 0.292 bits per heavy atom. The van der Waals surface area contributed by atoms with Gasteiger partial charge < -0.3 is 23.1 Å². The second kappa shape index (κ2) is 27.2. The van der Waals surface area contributed by atoms with Crippen LogP contribution in [0.4, 0.5) is 34.1 Å². The molecule has 628 valence electrons. The van der Waals surface area contributed by atoms with E-state index in [0.29, 0.717) is 0 Å². The summed E-state index contributed by atoms with van der Waals surface area (Å²) in [6.45, 7) is 26.7. The number of fused-ring (bicyclic) bond motifs is 26. The van der Waals surface area contributed by atoms with Crippen molar-refractivity contribution >= 4 is 175 Å². The Bertz CT molecular complexity index is 8250. The molecule has 0 fully saturated rings. The summed E-state index contributed by atoms with van der Waals surface area (Å²) in [4.78, 5) is 5.43. The number of hydrogen-bond donors (Lipinski definition) is 0. The molecule has 0 spiro atoms. The lowest BCUT2D eigenvalue weighted by Crippen LogP contribution is -2.54. The van der Waals surface area contributed by atoms with Gasteiger partial charge in [-0.05, 0) is 252 Å². The van der Waals surface area contributed by atoms with Gasteiger partial charge in [-0.3, -0.25) is 0 Å². The van der Waals surface area contributed by atoms with E-state index in [9.17, 15) is 0 Å². The van der Waals surface area contributed by atoms with Crippen LogP contribution in [0.2, 0.25) is 0 Å². The SMILES string of the molecule is CC1(C)CCC(C)(C)c2c(N3c4cc(-c5cc(-c6ccccc6)cc(-c6ccccc6)c5)cc5c4B(c4oc6c(c4-5)C(C)(C)CCC6(C)C)c4oc5c(c43)C(C)(C)CCC5(C)Cc3cccc(-c4cc(-c5ccccc5)cc(-c5cc6c7c(c5)N(c5cccc8c5sc5ccccc58)c5c(ccc8c5sc5ccccc58)B7c5ccc7c(sc8ccccc87)c5-6)c4)c3)coc21. The summed E-state index contributed by atoms with van der Waals surface area (Å²) in [5.74, 6) is 3.30. The number of nitrogens with zero attached hydrogens (tertiary/aromatic N) is 2. The minimum Gasteiger partial charge on any atom is -0.474 e. The number of hydrogen-bond acceptors (Lipinski definition) is 8. The van der Waals surface area contributed by atoms with Gasteiger partial charge in [-0.25, -0.2) is 0 Å². The van der Waals surface area contributed by atoms with Gasteiger partial charge in [0, 0.05) is 101 Å². The molecule has 0 saturated heterocycles. The average Bonchev–Trinajstić information content (AvgIpc) is 1.49. The number of thiophene rings is 3. The monoisotopic (exact) mass is 1730 g/mol. The van der Waals surface area contributed by atoms with Crippen LogP contribution in [0, 0.1) is 0 Å². The van der Waals surface area contributed by atoms with E-state index < -0.39 is 5.41 Å². The average molecular weight is 1730 g/mol. The molecule has 1 atom stereocenters. The number of furan rings is 3. The first-order valence-corrected chi connectivity index (χ1v) is 49.2. The minimum atomic E-state index is -0.452. The highest BCUT2D eigenvalue weighted by molar-refractivity contribution is 7.28. The molecule has 130 heavy (non-hydrogen) atoms. The zero-order valence-corrected chi connectivity index (χ0v) is 77.7. The minimum absolute atomic E-state index is 0.000711. The molecule has 4 aliphatic heterocycles. The fourth-order valence-electron chi connectivity index (χ4n) is 24.9. The number of anilines is 6. The van der Waals surface area contributed by atoms with Crippen molar-refractivity contribution in [1.82, 2.24) is 0 Å². The Morgan fingerprint density at radius 3 is 1.32 bits per heavy atom. The van der Waals surface area contributed by atoms with Gasteiger partial charge in [0.1, 0.15) is 29.2 Å². The maximum Gasteiger partial charge on any atom is 0.338 e. The quantitative estimate of drug-likeness (QED) is 0.128. The van der Waals surface area contributed by atoms with E-state index in [4.69, 9.17) is 13.3 Å².